The Bertz CT molecular complexity index is 420. The molecule has 0 aromatic heterocycles. The molecule has 0 heterocycles. The van der Waals surface area contributed by atoms with Crippen molar-refractivity contribution in [2.45, 2.75) is 52.4 Å². The van der Waals surface area contributed by atoms with Crippen molar-refractivity contribution < 1.29 is 17.9 Å². The van der Waals surface area contributed by atoms with Crippen LogP contribution in [0.3, 0.4) is 0 Å². The molecule has 1 N–H and O–H groups in total. The molecule has 0 amide bonds. The minimum atomic E-state index is -4.66. The Balaban J connectivity index is 2.99. The fraction of sp³-hybridized carbons (Fsp3) is 0.625. The Morgan fingerprint density at radius 3 is 2.43 bits per heavy atom. The maximum atomic E-state index is 12.5. The number of nitrogens with one attached hydrogen (secondary N) is 1. The predicted octanol–water partition coefficient (Wildman–Crippen LogP) is 5.06. The van der Waals surface area contributed by atoms with Crippen molar-refractivity contribution in [2.75, 3.05) is 6.54 Å². The summed E-state index contributed by atoms with van der Waals surface area (Å²) >= 11 is 0. The number of hydrogen-bond donors (Lipinski definition) is 1. The number of para-hydroxylation sites is 1. The van der Waals surface area contributed by atoms with Crippen molar-refractivity contribution in [3.63, 3.8) is 0 Å². The molecule has 0 saturated heterocycles. The van der Waals surface area contributed by atoms with Crippen molar-refractivity contribution >= 4 is 0 Å². The molecular weight excluding hydrogens is 279 g/mol. The summed E-state index contributed by atoms with van der Waals surface area (Å²) in [5.41, 5.74) is 0.573. The van der Waals surface area contributed by atoms with E-state index in [0.717, 1.165) is 25.8 Å². The van der Waals surface area contributed by atoms with Gasteiger partial charge in [0, 0.05) is 11.6 Å². The van der Waals surface area contributed by atoms with E-state index in [1.54, 1.807) is 18.2 Å². The Morgan fingerprint density at radius 1 is 1.19 bits per heavy atom. The second-order valence-electron chi connectivity index (χ2n) is 5.34. The quantitative estimate of drug-likeness (QED) is 0.724. The summed E-state index contributed by atoms with van der Waals surface area (Å²) in [7, 11) is 0. The van der Waals surface area contributed by atoms with Gasteiger partial charge in [-0.15, -0.1) is 13.2 Å². The van der Waals surface area contributed by atoms with Crippen molar-refractivity contribution in [2.24, 2.45) is 5.92 Å². The van der Waals surface area contributed by atoms with E-state index in [2.05, 4.69) is 23.9 Å². The lowest BCUT2D eigenvalue weighted by Crippen LogP contribution is -2.26. The van der Waals surface area contributed by atoms with Gasteiger partial charge in [0.1, 0.15) is 5.75 Å². The van der Waals surface area contributed by atoms with Gasteiger partial charge in [0.15, 0.2) is 0 Å². The van der Waals surface area contributed by atoms with Gasteiger partial charge in [0.05, 0.1) is 0 Å². The molecule has 1 rings (SSSR count). The molecule has 2 unspecified atom stereocenters. The third-order valence-electron chi connectivity index (χ3n) is 3.50. The van der Waals surface area contributed by atoms with Gasteiger partial charge in [-0.1, -0.05) is 45.4 Å². The van der Waals surface area contributed by atoms with Crippen LogP contribution in [0, 0.1) is 5.92 Å². The fourth-order valence-electron chi connectivity index (χ4n) is 2.19. The average Bonchev–Trinajstić information content (AvgIpc) is 2.42. The number of hydrogen-bond acceptors (Lipinski definition) is 2. The van der Waals surface area contributed by atoms with Crippen LogP contribution in [0.5, 0.6) is 5.75 Å². The van der Waals surface area contributed by atoms with E-state index < -0.39 is 6.36 Å². The molecule has 1 aromatic carbocycles. The maximum absolute atomic E-state index is 12.5. The van der Waals surface area contributed by atoms with Gasteiger partial charge in [0.25, 0.3) is 0 Å². The van der Waals surface area contributed by atoms with Crippen LogP contribution in [0.1, 0.15) is 51.6 Å². The third kappa shape index (κ3) is 6.38. The van der Waals surface area contributed by atoms with E-state index in [1.165, 1.54) is 6.07 Å². The van der Waals surface area contributed by atoms with E-state index in [1.807, 2.05) is 6.92 Å². The number of alkyl halides is 3. The molecule has 5 heteroatoms. The second-order valence-corrected chi connectivity index (χ2v) is 5.34. The van der Waals surface area contributed by atoms with Crippen molar-refractivity contribution in [3.05, 3.63) is 29.8 Å². The number of rotatable bonds is 8. The van der Waals surface area contributed by atoms with Gasteiger partial charge in [-0.25, -0.2) is 0 Å². The predicted molar refractivity (Wildman–Crippen MR) is 78.2 cm³/mol. The topological polar surface area (TPSA) is 21.3 Å². The van der Waals surface area contributed by atoms with E-state index in [0.29, 0.717) is 11.5 Å². The first-order valence-corrected chi connectivity index (χ1v) is 7.45. The molecule has 0 saturated carbocycles. The van der Waals surface area contributed by atoms with Crippen LogP contribution >= 0.6 is 0 Å². The summed E-state index contributed by atoms with van der Waals surface area (Å²) in [6, 6.07) is 6.26. The fourth-order valence-corrected chi connectivity index (χ4v) is 2.19. The minimum Gasteiger partial charge on any atom is -0.405 e. The highest BCUT2D eigenvalue weighted by molar-refractivity contribution is 5.36. The molecule has 2 atom stereocenters. The smallest absolute Gasteiger partial charge is 0.405 e. The molecule has 0 bridgehead atoms. The van der Waals surface area contributed by atoms with Gasteiger partial charge in [0.2, 0.25) is 0 Å². The molecule has 120 valence electrons. The number of benzene rings is 1. The van der Waals surface area contributed by atoms with Crippen molar-refractivity contribution in [3.8, 4) is 5.75 Å². The van der Waals surface area contributed by atoms with Crippen LogP contribution in [0.2, 0.25) is 0 Å². The van der Waals surface area contributed by atoms with Crippen molar-refractivity contribution in [1.29, 1.82) is 0 Å². The Morgan fingerprint density at radius 2 is 1.86 bits per heavy atom. The number of ether oxygens (including phenoxy) is 1. The zero-order valence-corrected chi connectivity index (χ0v) is 12.8. The van der Waals surface area contributed by atoms with Crippen LogP contribution in [0.4, 0.5) is 13.2 Å². The van der Waals surface area contributed by atoms with Crippen molar-refractivity contribution in [1.82, 2.24) is 5.32 Å². The minimum absolute atomic E-state index is 0.109. The second kappa shape index (κ2) is 8.27. The first-order valence-electron chi connectivity index (χ1n) is 7.45. The normalized spacial score (nSPS) is 14.8. The zero-order valence-electron chi connectivity index (χ0n) is 12.8. The van der Waals surface area contributed by atoms with Crippen LogP contribution in [0.15, 0.2) is 24.3 Å². The first-order chi connectivity index (χ1) is 9.87. The van der Waals surface area contributed by atoms with Crippen LogP contribution in [-0.4, -0.2) is 12.9 Å². The average molecular weight is 303 g/mol. The van der Waals surface area contributed by atoms with E-state index in [4.69, 9.17) is 0 Å². The molecule has 0 spiro atoms. The summed E-state index contributed by atoms with van der Waals surface area (Å²) in [5.74, 6) is 0.320. The molecule has 0 aliphatic heterocycles. The molecule has 0 aliphatic rings. The van der Waals surface area contributed by atoms with Crippen LogP contribution < -0.4 is 10.1 Å². The van der Waals surface area contributed by atoms with Crippen LogP contribution in [0.25, 0.3) is 0 Å². The molecule has 0 radical (unpaired) electrons. The summed E-state index contributed by atoms with van der Waals surface area (Å²) in [6.07, 6.45) is -1.96. The molecule has 2 nitrogen and oxygen atoms in total. The lowest BCUT2D eigenvalue weighted by molar-refractivity contribution is -0.275. The molecular formula is C16H24F3NO. The lowest BCUT2D eigenvalue weighted by Gasteiger charge is -2.24. The highest BCUT2D eigenvalue weighted by Crippen LogP contribution is 2.33. The Labute approximate surface area is 124 Å². The summed E-state index contributed by atoms with van der Waals surface area (Å²) < 4.78 is 41.7. The number of halogens is 3. The van der Waals surface area contributed by atoms with Gasteiger partial charge < -0.3 is 10.1 Å². The van der Waals surface area contributed by atoms with Gasteiger partial charge in [-0.3, -0.25) is 0 Å². The first kappa shape index (κ1) is 17.8. The monoisotopic (exact) mass is 303 g/mol. The maximum Gasteiger partial charge on any atom is 0.573 e. The standard InChI is InChI=1S/C16H24F3NO/c1-4-10-20-14(11-12(3)5-2)13-8-6-7-9-15(13)21-16(17,18)19/h6-9,12,14,20H,4-5,10-11H2,1-3H3. The molecule has 0 aliphatic carbocycles. The van der Waals surface area contributed by atoms with Gasteiger partial charge in [-0.2, -0.15) is 0 Å². The van der Waals surface area contributed by atoms with Gasteiger partial charge in [-0.05, 0) is 31.4 Å². The summed E-state index contributed by atoms with van der Waals surface area (Å²) in [6.45, 7) is 6.99. The Hall–Kier alpha value is -1.23. The lowest BCUT2D eigenvalue weighted by atomic mass is 9.93. The highest BCUT2D eigenvalue weighted by atomic mass is 19.4. The third-order valence-corrected chi connectivity index (χ3v) is 3.50. The molecule has 0 fully saturated rings. The molecule has 21 heavy (non-hydrogen) atoms. The summed E-state index contributed by atoms with van der Waals surface area (Å²) in [4.78, 5) is 0. The van der Waals surface area contributed by atoms with E-state index in [9.17, 15) is 13.2 Å². The highest BCUT2D eigenvalue weighted by Gasteiger charge is 2.33. The van der Waals surface area contributed by atoms with Crippen LogP contribution in [-0.2, 0) is 0 Å². The Kier molecular flexibility index (Phi) is 7.02. The zero-order chi connectivity index (χ0) is 15.9. The summed E-state index contributed by atoms with van der Waals surface area (Å²) in [5, 5.41) is 3.33. The van der Waals surface area contributed by atoms with Gasteiger partial charge >= 0.3 is 6.36 Å². The SMILES string of the molecule is CCCNC(CC(C)CC)c1ccccc1OC(F)(F)F. The molecule has 1 aromatic rings. The largest absolute Gasteiger partial charge is 0.573 e. The van der Waals surface area contributed by atoms with E-state index in [-0.39, 0.29) is 11.8 Å². The van der Waals surface area contributed by atoms with E-state index >= 15 is 0 Å².